The summed E-state index contributed by atoms with van der Waals surface area (Å²) in [6.07, 6.45) is 5.37. The van der Waals surface area contributed by atoms with E-state index in [-0.39, 0.29) is 5.60 Å². The van der Waals surface area contributed by atoms with Crippen molar-refractivity contribution in [2.45, 2.75) is 50.5 Å². The molecule has 0 saturated heterocycles. The summed E-state index contributed by atoms with van der Waals surface area (Å²) in [7, 11) is 0. The van der Waals surface area contributed by atoms with E-state index in [2.05, 4.69) is 12.1 Å². The Hall–Kier alpha value is -2.16. The molecule has 23 heavy (non-hydrogen) atoms. The van der Waals surface area contributed by atoms with Crippen molar-refractivity contribution in [1.29, 1.82) is 0 Å². The number of ether oxygens (including phenoxy) is 1. The van der Waals surface area contributed by atoms with Crippen molar-refractivity contribution >= 4 is 0 Å². The van der Waals surface area contributed by atoms with E-state index >= 15 is 0 Å². The van der Waals surface area contributed by atoms with Crippen LogP contribution < -0.4 is 4.74 Å². The van der Waals surface area contributed by atoms with Gasteiger partial charge >= 0.3 is 0 Å². The number of aromatic hydroxyl groups is 2. The van der Waals surface area contributed by atoms with Crippen molar-refractivity contribution in [3.8, 4) is 28.4 Å². The highest BCUT2D eigenvalue weighted by Crippen LogP contribution is 2.57. The average Bonchev–Trinajstić information content (AvgIpc) is 3.30. The third kappa shape index (κ3) is 1.76. The van der Waals surface area contributed by atoms with Crippen LogP contribution in [0.1, 0.15) is 54.7 Å². The van der Waals surface area contributed by atoms with Gasteiger partial charge in [0.2, 0.25) is 0 Å². The molecule has 0 bridgehead atoms. The molecule has 3 nitrogen and oxygen atoms in total. The van der Waals surface area contributed by atoms with Gasteiger partial charge in [-0.1, -0.05) is 0 Å². The Labute approximate surface area is 135 Å². The van der Waals surface area contributed by atoms with Gasteiger partial charge in [-0.05, 0) is 79.8 Å². The maximum absolute atomic E-state index is 10.4. The molecule has 1 heterocycles. The minimum atomic E-state index is -0.318. The summed E-state index contributed by atoms with van der Waals surface area (Å²) in [5.74, 6) is 1.97. The Morgan fingerprint density at radius 1 is 1.00 bits per heavy atom. The lowest BCUT2D eigenvalue weighted by Gasteiger charge is -2.46. The van der Waals surface area contributed by atoms with Crippen LogP contribution in [-0.2, 0) is 5.60 Å². The van der Waals surface area contributed by atoms with Gasteiger partial charge in [-0.15, -0.1) is 0 Å². The molecule has 1 aliphatic heterocycles. The second-order valence-electron chi connectivity index (χ2n) is 7.32. The van der Waals surface area contributed by atoms with Crippen LogP contribution in [0.4, 0.5) is 0 Å². The number of hydrogen-bond acceptors (Lipinski definition) is 3. The van der Waals surface area contributed by atoms with Gasteiger partial charge in [0.15, 0.2) is 0 Å². The quantitative estimate of drug-likeness (QED) is 0.801. The van der Waals surface area contributed by atoms with Crippen LogP contribution in [0.5, 0.6) is 17.2 Å². The summed E-state index contributed by atoms with van der Waals surface area (Å²) in [4.78, 5) is 0. The molecule has 2 aromatic carbocycles. The van der Waals surface area contributed by atoms with E-state index in [9.17, 15) is 10.2 Å². The lowest BCUT2D eigenvalue weighted by Crippen LogP contribution is -2.42. The largest absolute Gasteiger partial charge is 0.508 e. The Morgan fingerprint density at radius 2 is 1.78 bits per heavy atom. The van der Waals surface area contributed by atoms with Crippen LogP contribution in [0.3, 0.4) is 0 Å². The van der Waals surface area contributed by atoms with Crippen molar-refractivity contribution < 1.29 is 14.9 Å². The fraction of sp³-hybridized carbons (Fsp3) is 0.400. The van der Waals surface area contributed by atoms with E-state index in [0.717, 1.165) is 65.7 Å². The Morgan fingerprint density at radius 3 is 2.43 bits per heavy atom. The maximum atomic E-state index is 10.4. The molecular weight excluding hydrogens is 288 g/mol. The minimum absolute atomic E-state index is 0.318. The Bertz CT molecular complexity index is 829. The van der Waals surface area contributed by atoms with E-state index in [4.69, 9.17) is 4.74 Å². The molecule has 0 unspecified atom stereocenters. The zero-order chi connectivity index (χ0) is 15.8. The third-order valence-electron chi connectivity index (χ3n) is 5.73. The Kier molecular flexibility index (Phi) is 2.44. The average molecular weight is 308 g/mol. The highest BCUT2D eigenvalue weighted by Gasteiger charge is 2.46. The van der Waals surface area contributed by atoms with E-state index in [0.29, 0.717) is 17.4 Å². The van der Waals surface area contributed by atoms with Gasteiger partial charge in [0.05, 0.1) is 0 Å². The third-order valence-corrected chi connectivity index (χ3v) is 5.73. The molecule has 3 heteroatoms. The molecule has 0 radical (unpaired) electrons. The van der Waals surface area contributed by atoms with Crippen molar-refractivity contribution in [3.05, 3.63) is 41.0 Å². The first-order valence-electron chi connectivity index (χ1n) is 8.48. The molecule has 2 aliphatic carbocycles. The fourth-order valence-electron chi connectivity index (χ4n) is 4.03. The first kappa shape index (κ1) is 13.3. The number of rotatable bonds is 1. The monoisotopic (exact) mass is 308 g/mol. The molecule has 2 fully saturated rings. The highest BCUT2D eigenvalue weighted by molar-refractivity contribution is 5.80. The van der Waals surface area contributed by atoms with Gasteiger partial charge in [-0.25, -0.2) is 0 Å². The number of phenolic OH excluding ortho intramolecular Hbond substituents is 2. The van der Waals surface area contributed by atoms with Crippen LogP contribution in [0.25, 0.3) is 11.1 Å². The van der Waals surface area contributed by atoms with Crippen LogP contribution in [-0.4, -0.2) is 10.2 Å². The molecule has 0 atom stereocenters. The fourth-order valence-corrected chi connectivity index (χ4v) is 4.03. The second-order valence-corrected chi connectivity index (χ2v) is 7.32. The molecule has 5 rings (SSSR count). The van der Waals surface area contributed by atoms with Crippen LogP contribution in [0.2, 0.25) is 0 Å². The lowest BCUT2D eigenvalue weighted by molar-refractivity contribution is -0.0147. The molecule has 0 amide bonds. The van der Waals surface area contributed by atoms with E-state index in [1.807, 2.05) is 13.0 Å². The number of benzene rings is 2. The van der Waals surface area contributed by atoms with Crippen LogP contribution in [0.15, 0.2) is 24.3 Å². The number of fused-ring (bicyclic) bond motifs is 4. The number of aryl methyl sites for hydroxylation is 1. The van der Waals surface area contributed by atoms with Crippen molar-refractivity contribution in [1.82, 2.24) is 0 Å². The van der Waals surface area contributed by atoms with Crippen molar-refractivity contribution in [2.24, 2.45) is 0 Å². The standard InChI is InChI=1S/C20H20O3/c1-11-7-14-15-8-13(12-3-4-12)18(22)10-19(15)23-20(5-2-6-20)16(14)9-17(11)21/h7-10,12,21-22H,2-6H2,1H3. The van der Waals surface area contributed by atoms with Gasteiger partial charge in [-0.2, -0.15) is 0 Å². The van der Waals surface area contributed by atoms with E-state index in [1.165, 1.54) is 0 Å². The predicted molar refractivity (Wildman–Crippen MR) is 88.1 cm³/mol. The smallest absolute Gasteiger partial charge is 0.135 e. The first-order chi connectivity index (χ1) is 11.1. The van der Waals surface area contributed by atoms with Crippen molar-refractivity contribution in [3.63, 3.8) is 0 Å². The zero-order valence-corrected chi connectivity index (χ0v) is 13.2. The summed E-state index contributed by atoms with van der Waals surface area (Å²) in [5, 5.41) is 20.5. The summed E-state index contributed by atoms with van der Waals surface area (Å²) < 4.78 is 6.34. The van der Waals surface area contributed by atoms with Crippen LogP contribution >= 0.6 is 0 Å². The SMILES string of the molecule is Cc1cc2c(cc1O)C1(CCC1)Oc1cc(O)c(C3CC3)cc1-2. The molecular formula is C20H20O3. The topological polar surface area (TPSA) is 49.7 Å². The molecule has 3 aliphatic rings. The first-order valence-corrected chi connectivity index (χ1v) is 8.48. The zero-order valence-electron chi connectivity index (χ0n) is 13.2. The molecule has 2 N–H and O–H groups in total. The van der Waals surface area contributed by atoms with E-state index < -0.39 is 0 Å². The summed E-state index contributed by atoms with van der Waals surface area (Å²) in [6, 6.07) is 7.85. The second kappa shape index (κ2) is 4.22. The van der Waals surface area contributed by atoms with Gasteiger partial charge in [0, 0.05) is 17.2 Å². The summed E-state index contributed by atoms with van der Waals surface area (Å²) >= 11 is 0. The van der Waals surface area contributed by atoms with Gasteiger partial charge in [0.25, 0.3) is 0 Å². The predicted octanol–water partition coefficient (Wildman–Crippen LogP) is 4.72. The van der Waals surface area contributed by atoms with Gasteiger partial charge in [-0.3, -0.25) is 0 Å². The minimum Gasteiger partial charge on any atom is -0.508 e. The normalized spacial score (nSPS) is 20.4. The Balaban J connectivity index is 1.77. The van der Waals surface area contributed by atoms with Crippen LogP contribution in [0, 0.1) is 6.92 Å². The number of phenols is 2. The van der Waals surface area contributed by atoms with E-state index in [1.54, 1.807) is 6.07 Å². The highest BCUT2D eigenvalue weighted by atomic mass is 16.5. The maximum Gasteiger partial charge on any atom is 0.135 e. The van der Waals surface area contributed by atoms with Gasteiger partial charge in [0.1, 0.15) is 22.8 Å². The van der Waals surface area contributed by atoms with Crippen molar-refractivity contribution in [2.75, 3.05) is 0 Å². The molecule has 2 saturated carbocycles. The molecule has 2 aromatic rings. The number of hydrogen-bond donors (Lipinski definition) is 2. The molecule has 118 valence electrons. The molecule has 1 spiro atoms. The summed E-state index contributed by atoms with van der Waals surface area (Å²) in [5.41, 5.74) is 4.91. The summed E-state index contributed by atoms with van der Waals surface area (Å²) in [6.45, 7) is 1.93. The van der Waals surface area contributed by atoms with Gasteiger partial charge < -0.3 is 14.9 Å². The lowest BCUT2D eigenvalue weighted by atomic mass is 9.70. The molecule has 0 aromatic heterocycles.